The Morgan fingerprint density at radius 3 is 2.84 bits per heavy atom. The van der Waals surface area contributed by atoms with Crippen molar-refractivity contribution in [3.05, 3.63) is 24.4 Å². The van der Waals surface area contributed by atoms with Crippen molar-refractivity contribution in [2.45, 2.75) is 50.7 Å². The second-order valence-electron chi connectivity index (χ2n) is 5.47. The maximum Gasteiger partial charge on any atom is 0.243 e. The fourth-order valence-corrected chi connectivity index (χ4v) is 2.60. The van der Waals surface area contributed by atoms with Gasteiger partial charge in [0, 0.05) is 7.11 Å². The van der Waals surface area contributed by atoms with Gasteiger partial charge in [-0.05, 0) is 38.0 Å². The van der Waals surface area contributed by atoms with Gasteiger partial charge in [-0.25, -0.2) is 0 Å². The van der Waals surface area contributed by atoms with Gasteiger partial charge in [0.05, 0.1) is 6.04 Å². The zero-order valence-electron chi connectivity index (χ0n) is 11.8. The van der Waals surface area contributed by atoms with E-state index in [2.05, 4.69) is 23.6 Å². The van der Waals surface area contributed by atoms with Crippen LogP contribution in [-0.4, -0.2) is 17.3 Å². The second kappa shape index (κ2) is 5.84. The zero-order chi connectivity index (χ0) is 13.9. The molecule has 0 aromatic carbocycles. The number of methoxy groups -OCH3 is 1. The van der Waals surface area contributed by atoms with Crippen LogP contribution in [0.2, 0.25) is 0 Å². The van der Waals surface area contributed by atoms with E-state index < -0.39 is 5.60 Å². The number of hydrogen-bond donors (Lipinski definition) is 1. The summed E-state index contributed by atoms with van der Waals surface area (Å²) in [4.78, 5) is 4.44. The number of ether oxygens (including phenoxy) is 1. The third-order valence-electron chi connectivity index (χ3n) is 4.06. The van der Waals surface area contributed by atoms with E-state index in [1.54, 1.807) is 13.2 Å². The summed E-state index contributed by atoms with van der Waals surface area (Å²) in [6.07, 6.45) is 6.48. The van der Waals surface area contributed by atoms with Crippen LogP contribution in [0, 0.1) is 5.92 Å². The first-order chi connectivity index (χ1) is 9.11. The van der Waals surface area contributed by atoms with E-state index in [0.717, 1.165) is 31.6 Å². The minimum atomic E-state index is -0.401. The summed E-state index contributed by atoms with van der Waals surface area (Å²) in [6.45, 7) is 5.93. The molecule has 0 aliphatic heterocycles. The average Bonchev–Trinajstić information content (AvgIpc) is 2.91. The van der Waals surface area contributed by atoms with Gasteiger partial charge in [-0.2, -0.15) is 4.98 Å². The molecule has 106 valence electrons. The standard InChI is InChI=1S/C14H23N3O2/c1-4-5-11(15)12-16-13(17-19-12)14(18-3)8-6-10(2)7-9-14/h4,10-11H,1,5-9,15H2,2-3H3. The fraction of sp³-hybridized carbons (Fsp3) is 0.714. The molecule has 19 heavy (non-hydrogen) atoms. The molecule has 0 spiro atoms. The molecule has 1 aliphatic carbocycles. The van der Waals surface area contributed by atoms with E-state index in [0.29, 0.717) is 18.1 Å². The first-order valence-electron chi connectivity index (χ1n) is 6.87. The van der Waals surface area contributed by atoms with E-state index in [9.17, 15) is 0 Å². The molecule has 1 fully saturated rings. The van der Waals surface area contributed by atoms with Gasteiger partial charge in [0.1, 0.15) is 5.60 Å². The highest BCUT2D eigenvalue weighted by atomic mass is 16.5. The summed E-state index contributed by atoms with van der Waals surface area (Å²) >= 11 is 0. The van der Waals surface area contributed by atoms with Gasteiger partial charge in [0.2, 0.25) is 11.7 Å². The van der Waals surface area contributed by atoms with E-state index in [-0.39, 0.29) is 6.04 Å². The molecule has 2 rings (SSSR count). The maximum atomic E-state index is 5.95. The topological polar surface area (TPSA) is 74.2 Å². The summed E-state index contributed by atoms with van der Waals surface area (Å²) in [5.74, 6) is 1.83. The molecule has 0 bridgehead atoms. The van der Waals surface area contributed by atoms with E-state index >= 15 is 0 Å². The summed E-state index contributed by atoms with van der Waals surface area (Å²) in [7, 11) is 1.72. The van der Waals surface area contributed by atoms with Crippen molar-refractivity contribution in [3.8, 4) is 0 Å². The van der Waals surface area contributed by atoms with Gasteiger partial charge in [0.15, 0.2) is 0 Å². The SMILES string of the molecule is C=CCC(N)c1nc(C2(OC)CCC(C)CC2)no1. The number of nitrogens with zero attached hydrogens (tertiary/aromatic N) is 2. The lowest BCUT2D eigenvalue weighted by atomic mass is 9.79. The molecular weight excluding hydrogens is 242 g/mol. The highest BCUT2D eigenvalue weighted by Gasteiger charge is 2.40. The van der Waals surface area contributed by atoms with Crippen LogP contribution in [0.1, 0.15) is 56.8 Å². The van der Waals surface area contributed by atoms with Gasteiger partial charge in [-0.3, -0.25) is 0 Å². The Balaban J connectivity index is 2.17. The molecule has 0 radical (unpaired) electrons. The van der Waals surface area contributed by atoms with Crippen molar-refractivity contribution < 1.29 is 9.26 Å². The van der Waals surface area contributed by atoms with Crippen molar-refractivity contribution in [2.24, 2.45) is 11.7 Å². The quantitative estimate of drug-likeness (QED) is 0.828. The first kappa shape index (κ1) is 14.2. The van der Waals surface area contributed by atoms with Crippen LogP contribution in [0.4, 0.5) is 0 Å². The number of aromatic nitrogens is 2. The molecule has 1 heterocycles. The molecule has 2 N–H and O–H groups in total. The molecule has 0 saturated heterocycles. The van der Waals surface area contributed by atoms with Gasteiger partial charge >= 0.3 is 0 Å². The molecule has 1 unspecified atom stereocenters. The molecule has 5 heteroatoms. The first-order valence-corrected chi connectivity index (χ1v) is 6.87. The molecule has 1 aliphatic rings. The third-order valence-corrected chi connectivity index (χ3v) is 4.06. The highest BCUT2D eigenvalue weighted by molar-refractivity contribution is 5.05. The Hall–Kier alpha value is -1.20. The Bertz CT molecular complexity index is 422. The molecule has 1 atom stereocenters. The van der Waals surface area contributed by atoms with Crippen LogP contribution in [-0.2, 0) is 10.3 Å². The number of hydrogen-bond acceptors (Lipinski definition) is 5. The van der Waals surface area contributed by atoms with Crippen molar-refractivity contribution in [1.29, 1.82) is 0 Å². The minimum absolute atomic E-state index is 0.282. The van der Waals surface area contributed by atoms with E-state index in [1.807, 2.05) is 0 Å². The monoisotopic (exact) mass is 265 g/mol. The summed E-state index contributed by atoms with van der Waals surface area (Å²) in [5.41, 5.74) is 5.55. The second-order valence-corrected chi connectivity index (χ2v) is 5.47. The average molecular weight is 265 g/mol. The lowest BCUT2D eigenvalue weighted by Crippen LogP contribution is -2.34. The molecule has 1 saturated carbocycles. The summed E-state index contributed by atoms with van der Waals surface area (Å²) < 4.78 is 11.0. The Morgan fingerprint density at radius 1 is 1.58 bits per heavy atom. The lowest BCUT2D eigenvalue weighted by molar-refractivity contribution is -0.0609. The van der Waals surface area contributed by atoms with E-state index in [4.69, 9.17) is 15.0 Å². The largest absolute Gasteiger partial charge is 0.370 e. The maximum absolute atomic E-state index is 5.95. The predicted octanol–water partition coefficient (Wildman–Crippen LogP) is 2.70. The van der Waals surface area contributed by atoms with Crippen LogP contribution in [0.15, 0.2) is 17.2 Å². The fourth-order valence-electron chi connectivity index (χ4n) is 2.60. The number of nitrogens with two attached hydrogens (primary N) is 1. The van der Waals surface area contributed by atoms with Crippen molar-refractivity contribution >= 4 is 0 Å². The van der Waals surface area contributed by atoms with Crippen LogP contribution in [0.25, 0.3) is 0 Å². The number of rotatable bonds is 5. The predicted molar refractivity (Wildman–Crippen MR) is 72.4 cm³/mol. The zero-order valence-corrected chi connectivity index (χ0v) is 11.8. The molecule has 0 amide bonds. The van der Waals surface area contributed by atoms with Gasteiger partial charge in [-0.1, -0.05) is 18.2 Å². The highest BCUT2D eigenvalue weighted by Crippen LogP contribution is 2.40. The van der Waals surface area contributed by atoms with Crippen LogP contribution in [0.3, 0.4) is 0 Å². The van der Waals surface area contributed by atoms with Crippen molar-refractivity contribution in [2.75, 3.05) is 7.11 Å². The smallest absolute Gasteiger partial charge is 0.243 e. The molecular formula is C14H23N3O2. The van der Waals surface area contributed by atoms with Crippen molar-refractivity contribution in [3.63, 3.8) is 0 Å². The van der Waals surface area contributed by atoms with Crippen LogP contribution < -0.4 is 5.73 Å². The third kappa shape index (κ3) is 2.87. The Labute approximate surface area is 114 Å². The summed E-state index contributed by atoms with van der Waals surface area (Å²) in [5, 5.41) is 4.09. The van der Waals surface area contributed by atoms with Gasteiger partial charge < -0.3 is 15.0 Å². The molecule has 5 nitrogen and oxygen atoms in total. The van der Waals surface area contributed by atoms with Gasteiger partial charge in [0.25, 0.3) is 0 Å². The minimum Gasteiger partial charge on any atom is -0.370 e. The van der Waals surface area contributed by atoms with Crippen molar-refractivity contribution in [1.82, 2.24) is 10.1 Å². The van der Waals surface area contributed by atoms with Crippen LogP contribution >= 0.6 is 0 Å². The Morgan fingerprint density at radius 2 is 2.26 bits per heavy atom. The normalized spacial score (nSPS) is 29.1. The summed E-state index contributed by atoms with van der Waals surface area (Å²) in [6, 6.07) is -0.282. The van der Waals surface area contributed by atoms with Crippen LogP contribution in [0.5, 0.6) is 0 Å². The van der Waals surface area contributed by atoms with E-state index in [1.165, 1.54) is 0 Å². The molecule has 1 aromatic heterocycles. The lowest BCUT2D eigenvalue weighted by Gasteiger charge is -2.35. The molecule has 1 aromatic rings. The Kier molecular flexibility index (Phi) is 4.37. The van der Waals surface area contributed by atoms with Gasteiger partial charge in [-0.15, -0.1) is 6.58 Å².